The second-order valence-electron chi connectivity index (χ2n) is 5.70. The van der Waals surface area contributed by atoms with E-state index >= 15 is 0 Å². The number of anilines is 1. The lowest BCUT2D eigenvalue weighted by molar-refractivity contribution is 0.0602. The normalized spacial score (nSPS) is 10.7. The fourth-order valence-electron chi connectivity index (χ4n) is 2.75. The molecule has 1 aromatic heterocycles. The molecule has 0 atom stereocenters. The maximum Gasteiger partial charge on any atom is 0.340 e. The van der Waals surface area contributed by atoms with Crippen LogP contribution >= 0.6 is 0 Å². The van der Waals surface area contributed by atoms with Crippen molar-refractivity contribution in [1.82, 2.24) is 4.57 Å². The first-order valence-electron chi connectivity index (χ1n) is 7.54. The molecule has 0 radical (unpaired) electrons. The molecule has 0 saturated heterocycles. The highest BCUT2D eigenvalue weighted by molar-refractivity contribution is 6.04. The Hall–Kier alpha value is -2.75. The Morgan fingerprint density at radius 2 is 1.83 bits per heavy atom. The zero-order valence-electron chi connectivity index (χ0n) is 13.6. The Bertz CT molecular complexity index is 834. The molecular weight excluding hydrogens is 288 g/mol. The van der Waals surface area contributed by atoms with Crippen molar-refractivity contribution in [2.45, 2.75) is 13.6 Å². The number of nitrogens with zero attached hydrogens (tertiary/aromatic N) is 2. The number of aryl methyl sites for hydroxylation is 1. The molecule has 0 aliphatic rings. The van der Waals surface area contributed by atoms with Crippen LogP contribution < -0.4 is 4.90 Å². The van der Waals surface area contributed by atoms with E-state index in [0.717, 1.165) is 16.6 Å². The zero-order chi connectivity index (χ0) is 16.4. The number of carbonyl (C=O) groups excluding carboxylic acids is 1. The summed E-state index contributed by atoms with van der Waals surface area (Å²) in [5, 5.41) is 0.914. The summed E-state index contributed by atoms with van der Waals surface area (Å²) in [4.78, 5) is 14.1. The number of para-hydroxylation sites is 1. The predicted octanol–water partition coefficient (Wildman–Crippen LogP) is 3.83. The molecule has 0 saturated carbocycles. The molecule has 0 fully saturated rings. The summed E-state index contributed by atoms with van der Waals surface area (Å²) in [5.41, 5.74) is 3.99. The largest absolute Gasteiger partial charge is 0.465 e. The smallest absolute Gasteiger partial charge is 0.340 e. The minimum Gasteiger partial charge on any atom is -0.465 e. The highest BCUT2D eigenvalue weighted by atomic mass is 16.5. The molecule has 1 heterocycles. The molecule has 4 heteroatoms. The minimum absolute atomic E-state index is 0.307. The van der Waals surface area contributed by atoms with Gasteiger partial charge in [0.2, 0.25) is 0 Å². The van der Waals surface area contributed by atoms with E-state index in [2.05, 4.69) is 40.7 Å². The van der Waals surface area contributed by atoms with Gasteiger partial charge in [-0.25, -0.2) is 4.79 Å². The van der Waals surface area contributed by atoms with Crippen LogP contribution in [0.3, 0.4) is 0 Å². The van der Waals surface area contributed by atoms with Gasteiger partial charge in [-0.2, -0.15) is 0 Å². The van der Waals surface area contributed by atoms with Gasteiger partial charge in [0.05, 0.1) is 24.9 Å². The monoisotopic (exact) mass is 308 g/mol. The summed E-state index contributed by atoms with van der Waals surface area (Å²) in [5.74, 6) is -0.307. The summed E-state index contributed by atoms with van der Waals surface area (Å²) < 4.78 is 6.97. The first-order valence-corrected chi connectivity index (χ1v) is 7.54. The second-order valence-corrected chi connectivity index (χ2v) is 5.70. The van der Waals surface area contributed by atoms with Crippen molar-refractivity contribution in [3.05, 3.63) is 65.9 Å². The lowest BCUT2D eigenvalue weighted by Gasteiger charge is -2.21. The number of fused-ring (bicyclic) bond motifs is 1. The van der Waals surface area contributed by atoms with Crippen molar-refractivity contribution in [3.8, 4) is 0 Å². The number of aromatic nitrogens is 1. The average Bonchev–Trinajstić information content (AvgIpc) is 2.93. The summed E-state index contributed by atoms with van der Waals surface area (Å²) in [6, 6.07) is 16.3. The van der Waals surface area contributed by atoms with Crippen LogP contribution in [0.1, 0.15) is 15.9 Å². The van der Waals surface area contributed by atoms with Crippen molar-refractivity contribution in [3.63, 3.8) is 0 Å². The van der Waals surface area contributed by atoms with Crippen molar-refractivity contribution >= 4 is 22.6 Å². The average molecular weight is 308 g/mol. The fraction of sp³-hybridized carbons (Fsp3) is 0.211. The third kappa shape index (κ3) is 2.93. The molecule has 0 spiro atoms. The Morgan fingerprint density at radius 1 is 1.13 bits per heavy atom. The second kappa shape index (κ2) is 6.16. The first kappa shape index (κ1) is 15.2. The molecular formula is C19H20N2O2. The fourth-order valence-corrected chi connectivity index (χ4v) is 2.75. The van der Waals surface area contributed by atoms with Gasteiger partial charge < -0.3 is 14.2 Å². The van der Waals surface area contributed by atoms with Crippen LogP contribution in [-0.2, 0) is 11.4 Å². The molecule has 4 nitrogen and oxygen atoms in total. The van der Waals surface area contributed by atoms with Crippen molar-refractivity contribution in [1.29, 1.82) is 0 Å². The molecule has 0 amide bonds. The van der Waals surface area contributed by atoms with E-state index in [0.29, 0.717) is 12.2 Å². The molecule has 0 unspecified atom stereocenters. The van der Waals surface area contributed by atoms with Crippen molar-refractivity contribution in [2.24, 2.45) is 0 Å². The van der Waals surface area contributed by atoms with E-state index in [1.807, 2.05) is 37.5 Å². The van der Waals surface area contributed by atoms with E-state index in [-0.39, 0.29) is 5.97 Å². The number of rotatable bonds is 4. The molecule has 0 bridgehead atoms. The van der Waals surface area contributed by atoms with Gasteiger partial charge in [-0.1, -0.05) is 35.9 Å². The van der Waals surface area contributed by atoms with Gasteiger partial charge in [-0.15, -0.1) is 0 Å². The van der Waals surface area contributed by atoms with Crippen LogP contribution in [0, 0.1) is 6.92 Å². The summed E-state index contributed by atoms with van der Waals surface area (Å²) >= 11 is 0. The van der Waals surface area contributed by atoms with Gasteiger partial charge in [-0.05, 0) is 25.1 Å². The molecule has 0 aliphatic carbocycles. The lowest BCUT2D eigenvalue weighted by atomic mass is 10.2. The molecule has 23 heavy (non-hydrogen) atoms. The van der Waals surface area contributed by atoms with Crippen molar-refractivity contribution < 1.29 is 9.53 Å². The van der Waals surface area contributed by atoms with Gasteiger partial charge in [0.25, 0.3) is 0 Å². The molecule has 3 rings (SSSR count). The van der Waals surface area contributed by atoms with E-state index in [1.54, 1.807) is 0 Å². The molecule has 3 aromatic rings. The third-order valence-electron chi connectivity index (χ3n) is 4.03. The minimum atomic E-state index is -0.307. The van der Waals surface area contributed by atoms with Gasteiger partial charge in [-0.3, -0.25) is 0 Å². The van der Waals surface area contributed by atoms with E-state index in [4.69, 9.17) is 4.74 Å². The summed E-state index contributed by atoms with van der Waals surface area (Å²) in [6.07, 6.45) is 1.86. The summed E-state index contributed by atoms with van der Waals surface area (Å²) in [7, 11) is 3.45. The van der Waals surface area contributed by atoms with Crippen LogP contribution in [-0.4, -0.2) is 24.7 Å². The highest BCUT2D eigenvalue weighted by Gasteiger charge is 2.15. The van der Waals surface area contributed by atoms with Crippen LogP contribution in [0.15, 0.2) is 54.7 Å². The number of hydrogen-bond donors (Lipinski definition) is 0. The highest BCUT2D eigenvalue weighted by Crippen LogP contribution is 2.23. The van der Waals surface area contributed by atoms with Gasteiger partial charge >= 0.3 is 5.97 Å². The first-order chi connectivity index (χ1) is 11.1. The van der Waals surface area contributed by atoms with Crippen LogP contribution in [0.25, 0.3) is 10.9 Å². The molecule has 0 N–H and O–H groups in total. The quantitative estimate of drug-likeness (QED) is 0.687. The number of esters is 1. The van der Waals surface area contributed by atoms with E-state index in [9.17, 15) is 4.79 Å². The van der Waals surface area contributed by atoms with Crippen LogP contribution in [0.4, 0.5) is 5.69 Å². The maximum atomic E-state index is 12.0. The van der Waals surface area contributed by atoms with Gasteiger partial charge in [0, 0.05) is 24.3 Å². The number of methoxy groups -OCH3 is 1. The Labute approximate surface area is 135 Å². The standard InChI is InChI=1S/C19H20N2O2/c1-14-8-10-15(11-9-14)20(2)13-21-12-17(19(22)23-3)16-6-4-5-7-18(16)21/h4-12H,13H2,1-3H3. The predicted molar refractivity (Wildman–Crippen MR) is 92.9 cm³/mol. The number of carbonyl (C=O) groups is 1. The van der Waals surface area contributed by atoms with E-state index < -0.39 is 0 Å². The lowest BCUT2D eigenvalue weighted by Crippen LogP contribution is -2.20. The SMILES string of the molecule is COC(=O)c1cn(CN(C)c2ccc(C)cc2)c2ccccc12. The third-order valence-corrected chi connectivity index (χ3v) is 4.03. The molecule has 2 aromatic carbocycles. The van der Waals surface area contributed by atoms with Gasteiger partial charge in [0.1, 0.15) is 0 Å². The number of ether oxygens (including phenoxy) is 1. The topological polar surface area (TPSA) is 34.5 Å². The number of benzene rings is 2. The van der Waals surface area contributed by atoms with Crippen LogP contribution in [0.2, 0.25) is 0 Å². The van der Waals surface area contributed by atoms with Crippen molar-refractivity contribution in [2.75, 3.05) is 19.1 Å². The maximum absolute atomic E-state index is 12.0. The summed E-state index contributed by atoms with van der Waals surface area (Å²) in [6.45, 7) is 2.73. The van der Waals surface area contributed by atoms with Crippen LogP contribution in [0.5, 0.6) is 0 Å². The number of hydrogen-bond acceptors (Lipinski definition) is 3. The Morgan fingerprint density at radius 3 is 2.52 bits per heavy atom. The molecule has 0 aliphatic heterocycles. The molecule has 118 valence electrons. The van der Waals surface area contributed by atoms with Gasteiger partial charge in [0.15, 0.2) is 0 Å². The van der Waals surface area contributed by atoms with E-state index in [1.165, 1.54) is 12.7 Å². The Kier molecular flexibility index (Phi) is 4.06. The Balaban J connectivity index is 1.96. The zero-order valence-corrected chi connectivity index (χ0v) is 13.6.